The van der Waals surface area contributed by atoms with Crippen LogP contribution in [0.25, 0.3) is 0 Å². The van der Waals surface area contributed by atoms with E-state index in [4.69, 9.17) is 4.74 Å². The summed E-state index contributed by atoms with van der Waals surface area (Å²) in [5.74, 6) is 0.672. The Morgan fingerprint density at radius 1 is 1.26 bits per heavy atom. The molecule has 102 valence electrons. The molecule has 2 rings (SSSR count). The van der Waals surface area contributed by atoms with E-state index in [0.717, 1.165) is 21.1 Å². The monoisotopic (exact) mass is 278 g/mol. The molecule has 0 saturated carbocycles. The van der Waals surface area contributed by atoms with Gasteiger partial charge in [0.15, 0.2) is 0 Å². The summed E-state index contributed by atoms with van der Waals surface area (Å²) in [5.41, 5.74) is 1.59. The zero-order valence-corrected chi connectivity index (χ0v) is 12.4. The first-order valence-corrected chi connectivity index (χ1v) is 7.02. The first-order chi connectivity index (χ1) is 8.97. The molecule has 0 aromatic carbocycles. The lowest BCUT2D eigenvalue weighted by atomic mass is 10.1. The second-order valence-corrected chi connectivity index (χ2v) is 5.94. The fourth-order valence-electron chi connectivity index (χ4n) is 1.87. The van der Waals surface area contributed by atoms with Crippen molar-refractivity contribution in [3.8, 4) is 5.75 Å². The number of rotatable bonds is 4. The van der Waals surface area contributed by atoms with Gasteiger partial charge in [0, 0.05) is 11.8 Å². The minimum absolute atomic E-state index is 0.0848. The van der Waals surface area contributed by atoms with Crippen LogP contribution >= 0.6 is 11.3 Å². The molecular formula is C14H18N2O2S. The Bertz CT molecular complexity index is 566. The van der Waals surface area contributed by atoms with E-state index in [2.05, 4.69) is 9.97 Å². The molecule has 0 fully saturated rings. The number of nitrogens with zero attached hydrogens (tertiary/aromatic N) is 2. The molecule has 2 aromatic rings. The maximum absolute atomic E-state index is 10.4. The van der Waals surface area contributed by atoms with E-state index >= 15 is 0 Å². The Kier molecular flexibility index (Phi) is 4.17. The van der Waals surface area contributed by atoms with Crippen molar-refractivity contribution in [2.45, 2.75) is 39.9 Å². The number of ether oxygens (including phenoxy) is 1. The van der Waals surface area contributed by atoms with Crippen LogP contribution < -0.4 is 4.74 Å². The molecule has 19 heavy (non-hydrogen) atoms. The molecule has 1 atom stereocenters. The fourth-order valence-corrected chi connectivity index (χ4v) is 2.82. The lowest BCUT2D eigenvalue weighted by Crippen LogP contribution is -2.07. The first kappa shape index (κ1) is 14.0. The Hall–Kier alpha value is -1.46. The maximum atomic E-state index is 10.4. The molecule has 1 N–H and O–H groups in total. The van der Waals surface area contributed by atoms with Crippen LogP contribution in [0.15, 0.2) is 18.5 Å². The SMILES string of the molecule is Cc1nc(C)c(C(O)c2cncc(OC(C)C)c2)s1. The topological polar surface area (TPSA) is 55.2 Å². The number of thiazole rings is 1. The van der Waals surface area contributed by atoms with E-state index in [0.29, 0.717) is 5.75 Å². The van der Waals surface area contributed by atoms with Crippen LogP contribution in [0.4, 0.5) is 0 Å². The number of pyridine rings is 1. The number of aromatic nitrogens is 2. The molecule has 4 nitrogen and oxygen atoms in total. The third-order valence-corrected chi connectivity index (χ3v) is 3.73. The largest absolute Gasteiger partial charge is 0.489 e. The van der Waals surface area contributed by atoms with Crippen molar-refractivity contribution in [1.29, 1.82) is 0 Å². The Morgan fingerprint density at radius 3 is 2.58 bits per heavy atom. The second-order valence-electron chi connectivity index (χ2n) is 4.71. The van der Waals surface area contributed by atoms with Gasteiger partial charge < -0.3 is 9.84 Å². The van der Waals surface area contributed by atoms with Crippen molar-refractivity contribution in [2.24, 2.45) is 0 Å². The van der Waals surface area contributed by atoms with Crippen LogP contribution in [-0.2, 0) is 0 Å². The molecule has 0 bridgehead atoms. The third kappa shape index (κ3) is 3.30. The minimum atomic E-state index is -0.700. The smallest absolute Gasteiger partial charge is 0.138 e. The number of aryl methyl sites for hydroxylation is 2. The van der Waals surface area contributed by atoms with E-state index in [-0.39, 0.29) is 6.10 Å². The predicted octanol–water partition coefficient (Wildman–Crippen LogP) is 3.02. The summed E-state index contributed by atoms with van der Waals surface area (Å²) in [6.07, 6.45) is 2.70. The van der Waals surface area contributed by atoms with Gasteiger partial charge in [0.05, 0.1) is 27.9 Å². The van der Waals surface area contributed by atoms with Crippen molar-refractivity contribution in [3.63, 3.8) is 0 Å². The standard InChI is InChI=1S/C14H18N2O2S/c1-8(2)18-12-5-11(6-15-7-12)13(17)14-9(3)16-10(4)19-14/h5-8,13,17H,1-4H3. The van der Waals surface area contributed by atoms with Crippen molar-refractivity contribution < 1.29 is 9.84 Å². The number of hydrogen-bond donors (Lipinski definition) is 1. The van der Waals surface area contributed by atoms with Gasteiger partial charge in [0.2, 0.25) is 0 Å². The van der Waals surface area contributed by atoms with E-state index in [1.54, 1.807) is 12.4 Å². The minimum Gasteiger partial charge on any atom is -0.489 e. The average molecular weight is 278 g/mol. The molecule has 0 amide bonds. The van der Waals surface area contributed by atoms with E-state index in [1.807, 2.05) is 33.8 Å². The molecule has 0 aliphatic rings. The molecule has 0 aliphatic carbocycles. The summed E-state index contributed by atoms with van der Waals surface area (Å²) < 4.78 is 5.59. The second kappa shape index (κ2) is 5.67. The summed E-state index contributed by atoms with van der Waals surface area (Å²) in [4.78, 5) is 9.32. The van der Waals surface area contributed by atoms with E-state index in [9.17, 15) is 5.11 Å². The lowest BCUT2D eigenvalue weighted by Gasteiger charge is -2.13. The van der Waals surface area contributed by atoms with Gasteiger partial charge in [-0.05, 0) is 33.8 Å². The van der Waals surface area contributed by atoms with Crippen molar-refractivity contribution in [1.82, 2.24) is 9.97 Å². The molecule has 2 heterocycles. The van der Waals surface area contributed by atoms with Crippen LogP contribution in [0.1, 0.15) is 41.1 Å². The highest BCUT2D eigenvalue weighted by molar-refractivity contribution is 7.11. The van der Waals surface area contributed by atoms with Gasteiger partial charge in [-0.3, -0.25) is 4.98 Å². The molecule has 0 saturated heterocycles. The predicted molar refractivity (Wildman–Crippen MR) is 75.7 cm³/mol. The summed E-state index contributed by atoms with van der Waals surface area (Å²) in [5, 5.41) is 11.4. The lowest BCUT2D eigenvalue weighted by molar-refractivity contribution is 0.218. The number of hydrogen-bond acceptors (Lipinski definition) is 5. The number of aliphatic hydroxyl groups is 1. The van der Waals surface area contributed by atoms with Crippen LogP contribution in [0.3, 0.4) is 0 Å². The Labute approximate surface area is 117 Å². The highest BCUT2D eigenvalue weighted by Gasteiger charge is 2.17. The molecule has 1 unspecified atom stereocenters. The van der Waals surface area contributed by atoms with Gasteiger partial charge in [0.25, 0.3) is 0 Å². The molecule has 2 aromatic heterocycles. The zero-order valence-electron chi connectivity index (χ0n) is 11.5. The van der Waals surface area contributed by atoms with Crippen LogP contribution in [-0.4, -0.2) is 21.2 Å². The molecule has 0 radical (unpaired) electrons. The highest BCUT2D eigenvalue weighted by atomic mass is 32.1. The quantitative estimate of drug-likeness (QED) is 0.934. The molecule has 0 aliphatic heterocycles. The molecule has 5 heteroatoms. The van der Waals surface area contributed by atoms with Gasteiger partial charge in [-0.1, -0.05) is 0 Å². The van der Waals surface area contributed by atoms with Crippen LogP contribution in [0.2, 0.25) is 0 Å². The summed E-state index contributed by atoms with van der Waals surface area (Å²) in [7, 11) is 0. The van der Waals surface area contributed by atoms with Gasteiger partial charge in [-0.25, -0.2) is 4.98 Å². The summed E-state index contributed by atoms with van der Waals surface area (Å²) in [6, 6.07) is 1.83. The van der Waals surface area contributed by atoms with Crippen LogP contribution in [0, 0.1) is 13.8 Å². The summed E-state index contributed by atoms with van der Waals surface area (Å²) in [6.45, 7) is 7.76. The van der Waals surface area contributed by atoms with Gasteiger partial charge in [-0.15, -0.1) is 11.3 Å². The average Bonchev–Trinajstić information content (AvgIpc) is 2.67. The Morgan fingerprint density at radius 2 is 2.00 bits per heavy atom. The Balaban J connectivity index is 2.28. The van der Waals surface area contributed by atoms with Gasteiger partial charge in [-0.2, -0.15) is 0 Å². The van der Waals surface area contributed by atoms with Gasteiger partial charge >= 0.3 is 0 Å². The van der Waals surface area contributed by atoms with E-state index in [1.165, 1.54) is 11.3 Å². The molecular weight excluding hydrogens is 260 g/mol. The number of aliphatic hydroxyl groups excluding tert-OH is 1. The summed E-state index contributed by atoms with van der Waals surface area (Å²) >= 11 is 1.51. The highest BCUT2D eigenvalue weighted by Crippen LogP contribution is 2.30. The third-order valence-electron chi connectivity index (χ3n) is 2.61. The van der Waals surface area contributed by atoms with Gasteiger partial charge in [0.1, 0.15) is 11.9 Å². The normalized spacial score (nSPS) is 12.7. The maximum Gasteiger partial charge on any atom is 0.138 e. The van der Waals surface area contributed by atoms with E-state index < -0.39 is 6.10 Å². The first-order valence-electron chi connectivity index (χ1n) is 6.21. The zero-order chi connectivity index (χ0) is 14.0. The van der Waals surface area contributed by atoms with Crippen LogP contribution in [0.5, 0.6) is 5.75 Å². The van der Waals surface area contributed by atoms with Crippen molar-refractivity contribution in [2.75, 3.05) is 0 Å². The van der Waals surface area contributed by atoms with Crippen molar-refractivity contribution >= 4 is 11.3 Å². The molecule has 0 spiro atoms. The van der Waals surface area contributed by atoms with Crippen molar-refractivity contribution in [3.05, 3.63) is 39.6 Å². The fraction of sp³-hybridized carbons (Fsp3) is 0.429.